The molecular formula is C23H21N3OS. The van der Waals surface area contributed by atoms with Gasteiger partial charge in [0.2, 0.25) is 5.91 Å². The van der Waals surface area contributed by atoms with Crippen LogP contribution in [0.2, 0.25) is 0 Å². The number of hydrogen-bond acceptors (Lipinski definition) is 3. The van der Waals surface area contributed by atoms with Crippen molar-refractivity contribution in [2.24, 2.45) is 0 Å². The lowest BCUT2D eigenvalue weighted by atomic mass is 10.1. The summed E-state index contributed by atoms with van der Waals surface area (Å²) in [6, 6.07) is 25.5. The van der Waals surface area contributed by atoms with Gasteiger partial charge in [0.05, 0.1) is 0 Å². The standard InChI is InChI=1S/C23H21N3OS/c1-17-7-9-18(10-8-17)11-16-22(27)26-23(28)25-21-14-12-20(13-15-21)24-19-5-3-2-4-6-19/h2-16,24H,1H3,(H2,25,26,27,28). The molecule has 0 aliphatic rings. The number of amides is 1. The molecule has 0 fully saturated rings. The van der Waals surface area contributed by atoms with E-state index in [0.29, 0.717) is 0 Å². The Morgan fingerprint density at radius 1 is 0.821 bits per heavy atom. The lowest BCUT2D eigenvalue weighted by Crippen LogP contribution is -2.32. The average molecular weight is 388 g/mol. The Bertz CT molecular complexity index is 965. The summed E-state index contributed by atoms with van der Waals surface area (Å²) in [4.78, 5) is 12.0. The van der Waals surface area contributed by atoms with Crippen molar-refractivity contribution in [2.45, 2.75) is 6.92 Å². The van der Waals surface area contributed by atoms with Gasteiger partial charge in [0.1, 0.15) is 0 Å². The van der Waals surface area contributed by atoms with Crippen LogP contribution in [-0.4, -0.2) is 11.0 Å². The van der Waals surface area contributed by atoms with Gasteiger partial charge in [-0.05, 0) is 67.2 Å². The number of rotatable bonds is 5. The molecule has 4 nitrogen and oxygen atoms in total. The highest BCUT2D eigenvalue weighted by Crippen LogP contribution is 2.18. The van der Waals surface area contributed by atoms with E-state index in [9.17, 15) is 4.79 Å². The molecule has 0 saturated carbocycles. The molecule has 3 N–H and O–H groups in total. The molecule has 3 rings (SSSR count). The van der Waals surface area contributed by atoms with Gasteiger partial charge in [0.15, 0.2) is 5.11 Å². The normalized spacial score (nSPS) is 10.5. The molecule has 140 valence electrons. The van der Waals surface area contributed by atoms with E-state index in [1.54, 1.807) is 6.08 Å². The first-order chi connectivity index (χ1) is 13.6. The van der Waals surface area contributed by atoms with Crippen molar-refractivity contribution in [3.63, 3.8) is 0 Å². The fourth-order valence-corrected chi connectivity index (χ4v) is 2.71. The summed E-state index contributed by atoms with van der Waals surface area (Å²) in [5, 5.41) is 9.22. The Morgan fingerprint density at radius 2 is 1.43 bits per heavy atom. The third-order valence-corrected chi connectivity index (χ3v) is 4.15. The number of carbonyl (C=O) groups is 1. The lowest BCUT2D eigenvalue weighted by Gasteiger charge is -2.10. The number of carbonyl (C=O) groups excluding carboxylic acids is 1. The summed E-state index contributed by atoms with van der Waals surface area (Å²) in [7, 11) is 0. The van der Waals surface area contributed by atoms with E-state index < -0.39 is 0 Å². The molecule has 3 aromatic carbocycles. The number of para-hydroxylation sites is 1. The van der Waals surface area contributed by atoms with Crippen LogP contribution in [0.1, 0.15) is 11.1 Å². The summed E-state index contributed by atoms with van der Waals surface area (Å²) in [5.74, 6) is -0.277. The molecule has 0 saturated heterocycles. The van der Waals surface area contributed by atoms with Gasteiger partial charge in [-0.2, -0.15) is 0 Å². The zero-order valence-electron chi connectivity index (χ0n) is 15.5. The van der Waals surface area contributed by atoms with Crippen LogP contribution in [0.5, 0.6) is 0 Å². The van der Waals surface area contributed by atoms with Gasteiger partial charge >= 0.3 is 0 Å². The molecule has 5 heteroatoms. The van der Waals surface area contributed by atoms with E-state index in [-0.39, 0.29) is 11.0 Å². The maximum Gasteiger partial charge on any atom is 0.250 e. The minimum atomic E-state index is -0.277. The van der Waals surface area contributed by atoms with Crippen LogP contribution in [-0.2, 0) is 4.79 Å². The highest BCUT2D eigenvalue weighted by atomic mass is 32.1. The van der Waals surface area contributed by atoms with Gasteiger partial charge in [-0.1, -0.05) is 48.0 Å². The number of thiocarbonyl (C=S) groups is 1. The molecule has 28 heavy (non-hydrogen) atoms. The second-order valence-corrected chi connectivity index (χ2v) is 6.66. The van der Waals surface area contributed by atoms with Crippen molar-refractivity contribution < 1.29 is 4.79 Å². The van der Waals surface area contributed by atoms with Crippen LogP contribution in [0.3, 0.4) is 0 Å². The second kappa shape index (κ2) is 9.48. The smallest absolute Gasteiger partial charge is 0.250 e. The number of anilines is 3. The van der Waals surface area contributed by atoms with Crippen LogP contribution in [0, 0.1) is 6.92 Å². The molecule has 0 heterocycles. The second-order valence-electron chi connectivity index (χ2n) is 6.26. The van der Waals surface area contributed by atoms with E-state index in [0.717, 1.165) is 22.6 Å². The average Bonchev–Trinajstić information content (AvgIpc) is 2.70. The number of aryl methyl sites for hydroxylation is 1. The van der Waals surface area contributed by atoms with Crippen LogP contribution in [0.15, 0.2) is 84.9 Å². The Labute approximate surface area is 170 Å². The largest absolute Gasteiger partial charge is 0.356 e. The van der Waals surface area contributed by atoms with Crippen molar-refractivity contribution in [3.05, 3.63) is 96.1 Å². The van der Waals surface area contributed by atoms with Crippen LogP contribution < -0.4 is 16.0 Å². The number of hydrogen-bond donors (Lipinski definition) is 3. The van der Waals surface area contributed by atoms with Crippen molar-refractivity contribution in [3.8, 4) is 0 Å². The zero-order valence-corrected chi connectivity index (χ0v) is 16.3. The summed E-state index contributed by atoms with van der Waals surface area (Å²) >= 11 is 5.21. The van der Waals surface area contributed by atoms with Crippen molar-refractivity contribution in [1.29, 1.82) is 0 Å². The fraction of sp³-hybridized carbons (Fsp3) is 0.0435. The SMILES string of the molecule is Cc1ccc(C=CC(=O)NC(=S)Nc2ccc(Nc3ccccc3)cc2)cc1. The topological polar surface area (TPSA) is 53.2 Å². The number of nitrogens with one attached hydrogen (secondary N) is 3. The Kier molecular flexibility index (Phi) is 6.54. The summed E-state index contributed by atoms with van der Waals surface area (Å²) in [6.45, 7) is 2.02. The first kappa shape index (κ1) is 19.3. The molecule has 0 atom stereocenters. The number of benzene rings is 3. The molecule has 0 spiro atoms. The predicted octanol–water partition coefficient (Wildman–Crippen LogP) is 5.27. The highest BCUT2D eigenvalue weighted by Gasteiger charge is 2.02. The molecule has 0 unspecified atom stereocenters. The Balaban J connectivity index is 1.50. The first-order valence-electron chi connectivity index (χ1n) is 8.87. The van der Waals surface area contributed by atoms with Gasteiger partial charge in [-0.3, -0.25) is 10.1 Å². The van der Waals surface area contributed by atoms with Gasteiger partial charge < -0.3 is 10.6 Å². The van der Waals surface area contributed by atoms with E-state index in [1.807, 2.05) is 85.8 Å². The molecule has 0 bridgehead atoms. The minimum Gasteiger partial charge on any atom is -0.356 e. The fourth-order valence-electron chi connectivity index (χ4n) is 2.49. The van der Waals surface area contributed by atoms with Crippen molar-refractivity contribution >= 4 is 46.4 Å². The molecule has 1 amide bonds. The van der Waals surface area contributed by atoms with E-state index in [4.69, 9.17) is 12.2 Å². The van der Waals surface area contributed by atoms with Crippen molar-refractivity contribution in [2.75, 3.05) is 10.6 Å². The molecular weight excluding hydrogens is 366 g/mol. The molecule has 0 aromatic heterocycles. The maximum absolute atomic E-state index is 12.0. The minimum absolute atomic E-state index is 0.252. The van der Waals surface area contributed by atoms with Gasteiger partial charge in [0, 0.05) is 23.1 Å². The molecule has 3 aromatic rings. The Morgan fingerprint density at radius 3 is 2.11 bits per heavy atom. The van der Waals surface area contributed by atoms with Crippen LogP contribution >= 0.6 is 12.2 Å². The molecule has 0 aliphatic heterocycles. The summed E-state index contributed by atoms with van der Waals surface area (Å²) < 4.78 is 0. The van der Waals surface area contributed by atoms with Gasteiger partial charge in [0.25, 0.3) is 0 Å². The van der Waals surface area contributed by atoms with Crippen LogP contribution in [0.4, 0.5) is 17.1 Å². The summed E-state index contributed by atoms with van der Waals surface area (Å²) in [6.07, 6.45) is 3.22. The van der Waals surface area contributed by atoms with Gasteiger partial charge in [-0.25, -0.2) is 0 Å². The highest BCUT2D eigenvalue weighted by molar-refractivity contribution is 7.80. The van der Waals surface area contributed by atoms with E-state index in [1.165, 1.54) is 11.6 Å². The van der Waals surface area contributed by atoms with E-state index >= 15 is 0 Å². The quantitative estimate of drug-likeness (QED) is 0.413. The lowest BCUT2D eigenvalue weighted by molar-refractivity contribution is -0.115. The van der Waals surface area contributed by atoms with Crippen molar-refractivity contribution in [1.82, 2.24) is 5.32 Å². The van der Waals surface area contributed by atoms with E-state index in [2.05, 4.69) is 16.0 Å². The predicted molar refractivity (Wildman–Crippen MR) is 121 cm³/mol. The maximum atomic E-state index is 12.0. The molecule has 0 radical (unpaired) electrons. The monoisotopic (exact) mass is 387 g/mol. The summed E-state index contributed by atoms with van der Waals surface area (Å²) in [5.41, 5.74) is 4.92. The first-order valence-corrected chi connectivity index (χ1v) is 9.28. The third kappa shape index (κ3) is 6.07. The zero-order chi connectivity index (χ0) is 19.8. The van der Waals surface area contributed by atoms with Gasteiger partial charge in [-0.15, -0.1) is 0 Å². The Hall–Kier alpha value is -3.44. The molecule has 0 aliphatic carbocycles. The van der Waals surface area contributed by atoms with Crippen LogP contribution in [0.25, 0.3) is 6.08 Å². The third-order valence-electron chi connectivity index (χ3n) is 3.95.